The minimum absolute atomic E-state index is 0.133. The second-order valence-corrected chi connectivity index (χ2v) is 7.42. The summed E-state index contributed by atoms with van der Waals surface area (Å²) in [6, 6.07) is 7.68. The lowest BCUT2D eigenvalue weighted by molar-refractivity contribution is -0.149. The molecule has 1 aromatic rings. The number of hydrogen-bond donors (Lipinski definition) is 1. The van der Waals surface area contributed by atoms with Gasteiger partial charge in [-0.1, -0.05) is 24.3 Å². The highest BCUT2D eigenvalue weighted by molar-refractivity contribution is 5.96. The van der Waals surface area contributed by atoms with Gasteiger partial charge in [-0.2, -0.15) is 0 Å². The first-order valence-corrected chi connectivity index (χ1v) is 9.38. The molecule has 6 nitrogen and oxygen atoms in total. The normalized spacial score (nSPS) is 26.9. The zero-order chi connectivity index (χ0) is 18.7. The Morgan fingerprint density at radius 3 is 2.35 bits per heavy atom. The summed E-state index contributed by atoms with van der Waals surface area (Å²) in [5.74, 6) is -0.130. The highest BCUT2D eigenvalue weighted by Crippen LogP contribution is 2.23. The summed E-state index contributed by atoms with van der Waals surface area (Å²) in [4.78, 5) is 28.6. The van der Waals surface area contributed by atoms with Crippen LogP contribution in [0.3, 0.4) is 0 Å². The van der Waals surface area contributed by atoms with Crippen LogP contribution < -0.4 is 0 Å². The van der Waals surface area contributed by atoms with Crippen molar-refractivity contribution in [1.82, 2.24) is 9.80 Å². The fourth-order valence-corrected chi connectivity index (χ4v) is 4.08. The zero-order valence-electron chi connectivity index (χ0n) is 15.6. The highest BCUT2D eigenvalue weighted by Gasteiger charge is 2.37. The number of amides is 1. The van der Waals surface area contributed by atoms with Gasteiger partial charge in [-0.15, -0.1) is 0 Å². The van der Waals surface area contributed by atoms with E-state index in [2.05, 4.69) is 18.7 Å². The lowest BCUT2D eigenvalue weighted by Gasteiger charge is -2.45. The van der Waals surface area contributed by atoms with E-state index in [9.17, 15) is 9.59 Å². The first-order valence-electron chi connectivity index (χ1n) is 9.38. The summed E-state index contributed by atoms with van der Waals surface area (Å²) >= 11 is 0. The first kappa shape index (κ1) is 19.0. The molecule has 1 N–H and O–H groups in total. The number of aliphatic hydroxyl groups is 1. The van der Waals surface area contributed by atoms with Crippen LogP contribution in [0.1, 0.15) is 42.6 Å². The highest BCUT2D eigenvalue weighted by atomic mass is 16.5. The Balaban J connectivity index is 1.60. The van der Waals surface area contributed by atoms with Crippen LogP contribution in [0.5, 0.6) is 0 Å². The number of carbonyl (C=O) groups is 2. The average molecular weight is 360 g/mol. The number of ether oxygens (including phenoxy) is 1. The molecule has 0 aliphatic carbocycles. The molecule has 142 valence electrons. The van der Waals surface area contributed by atoms with Gasteiger partial charge in [0.15, 0.2) is 5.78 Å². The number of rotatable bonds is 5. The summed E-state index contributed by atoms with van der Waals surface area (Å²) in [7, 11) is 0. The van der Waals surface area contributed by atoms with Crippen LogP contribution in [0.15, 0.2) is 24.3 Å². The monoisotopic (exact) mass is 360 g/mol. The van der Waals surface area contributed by atoms with Gasteiger partial charge in [-0.25, -0.2) is 0 Å². The Morgan fingerprint density at radius 2 is 1.81 bits per heavy atom. The van der Waals surface area contributed by atoms with Crippen molar-refractivity contribution in [2.45, 2.75) is 51.4 Å². The van der Waals surface area contributed by atoms with Gasteiger partial charge in [0, 0.05) is 43.9 Å². The molecule has 0 radical (unpaired) electrons. The number of piperazine rings is 1. The number of benzene rings is 1. The van der Waals surface area contributed by atoms with Gasteiger partial charge in [0.05, 0.1) is 0 Å². The third-order valence-corrected chi connectivity index (χ3v) is 5.28. The topological polar surface area (TPSA) is 70.1 Å². The van der Waals surface area contributed by atoms with Crippen molar-refractivity contribution in [3.05, 3.63) is 35.4 Å². The van der Waals surface area contributed by atoms with Crippen LogP contribution in [0, 0.1) is 0 Å². The maximum absolute atomic E-state index is 12.7. The van der Waals surface area contributed by atoms with E-state index in [1.54, 1.807) is 12.1 Å². The van der Waals surface area contributed by atoms with E-state index in [1.165, 1.54) is 0 Å². The fourth-order valence-electron chi connectivity index (χ4n) is 4.08. The number of hydrogen-bond acceptors (Lipinski definition) is 5. The maximum atomic E-state index is 12.7. The van der Waals surface area contributed by atoms with Crippen LogP contribution >= 0.6 is 0 Å². The van der Waals surface area contributed by atoms with Crippen molar-refractivity contribution < 1.29 is 19.4 Å². The molecule has 0 aromatic heterocycles. The molecule has 2 heterocycles. The standard InChI is InChI=1S/C20H28N2O4/c1-14-10-21(12-16-5-7-17(8-6-16)18(24)13-23)11-15(2)22(14)20(25)19-4-3-9-26-19/h5-8,14-15,19,23H,3-4,9-13H2,1-2H3/t14-,15+,19?. The van der Waals surface area contributed by atoms with Gasteiger partial charge in [0.25, 0.3) is 5.91 Å². The van der Waals surface area contributed by atoms with Crippen LogP contribution in [0.2, 0.25) is 0 Å². The molecule has 2 aliphatic heterocycles. The lowest BCUT2D eigenvalue weighted by Crippen LogP contribution is -2.60. The quantitative estimate of drug-likeness (QED) is 0.805. The molecule has 1 amide bonds. The van der Waals surface area contributed by atoms with Crippen molar-refractivity contribution in [2.24, 2.45) is 0 Å². The molecule has 0 bridgehead atoms. The Morgan fingerprint density at radius 1 is 1.15 bits per heavy atom. The molecule has 1 unspecified atom stereocenters. The summed E-state index contributed by atoms with van der Waals surface area (Å²) < 4.78 is 5.58. The fraction of sp³-hybridized carbons (Fsp3) is 0.600. The molecule has 2 saturated heterocycles. The van der Waals surface area contributed by atoms with Gasteiger partial charge in [-0.05, 0) is 32.3 Å². The Labute approximate surface area is 154 Å². The lowest BCUT2D eigenvalue weighted by atomic mass is 10.0. The van der Waals surface area contributed by atoms with E-state index in [4.69, 9.17) is 9.84 Å². The smallest absolute Gasteiger partial charge is 0.252 e. The molecule has 2 aliphatic rings. The molecule has 3 rings (SSSR count). The van der Waals surface area contributed by atoms with E-state index in [1.807, 2.05) is 17.0 Å². The van der Waals surface area contributed by atoms with Crippen molar-refractivity contribution in [2.75, 3.05) is 26.3 Å². The SMILES string of the molecule is C[C@@H]1CN(Cc2ccc(C(=O)CO)cc2)C[C@H](C)N1C(=O)C1CCCO1. The van der Waals surface area contributed by atoms with E-state index in [-0.39, 0.29) is 29.9 Å². The largest absolute Gasteiger partial charge is 0.388 e. The van der Waals surface area contributed by atoms with Crippen LogP contribution in [0.4, 0.5) is 0 Å². The molecular weight excluding hydrogens is 332 g/mol. The van der Waals surface area contributed by atoms with Gasteiger partial charge in [0.2, 0.25) is 0 Å². The number of ketones is 1. The van der Waals surface area contributed by atoms with E-state index < -0.39 is 6.61 Å². The third kappa shape index (κ3) is 4.14. The second kappa shape index (κ2) is 8.29. The molecule has 3 atom stereocenters. The molecule has 26 heavy (non-hydrogen) atoms. The number of carbonyl (C=O) groups excluding carboxylic acids is 2. The minimum atomic E-state index is -0.463. The first-order chi connectivity index (χ1) is 12.5. The van der Waals surface area contributed by atoms with Gasteiger partial charge < -0.3 is 14.7 Å². The van der Waals surface area contributed by atoms with Crippen molar-refractivity contribution in [3.8, 4) is 0 Å². The zero-order valence-corrected chi connectivity index (χ0v) is 15.6. The Bertz CT molecular complexity index is 628. The molecular formula is C20H28N2O4. The summed E-state index contributed by atoms with van der Waals surface area (Å²) in [6.45, 7) is 6.84. The average Bonchev–Trinajstić information content (AvgIpc) is 3.15. The molecule has 0 spiro atoms. The summed E-state index contributed by atoms with van der Waals surface area (Å²) in [5.41, 5.74) is 1.66. The summed E-state index contributed by atoms with van der Waals surface area (Å²) in [6.07, 6.45) is 1.54. The third-order valence-electron chi connectivity index (χ3n) is 5.28. The van der Waals surface area contributed by atoms with Gasteiger partial charge in [-0.3, -0.25) is 14.5 Å². The van der Waals surface area contributed by atoms with Crippen LogP contribution in [0.25, 0.3) is 0 Å². The minimum Gasteiger partial charge on any atom is -0.388 e. The van der Waals surface area contributed by atoms with E-state index in [0.717, 1.165) is 38.0 Å². The van der Waals surface area contributed by atoms with Crippen molar-refractivity contribution in [1.29, 1.82) is 0 Å². The summed E-state index contributed by atoms with van der Waals surface area (Å²) in [5, 5.41) is 8.93. The van der Waals surface area contributed by atoms with Crippen molar-refractivity contribution >= 4 is 11.7 Å². The van der Waals surface area contributed by atoms with Gasteiger partial charge >= 0.3 is 0 Å². The number of nitrogens with zero attached hydrogens (tertiary/aromatic N) is 2. The van der Waals surface area contributed by atoms with Gasteiger partial charge in [0.1, 0.15) is 12.7 Å². The van der Waals surface area contributed by atoms with Crippen LogP contribution in [-0.2, 0) is 16.1 Å². The van der Waals surface area contributed by atoms with E-state index >= 15 is 0 Å². The number of aliphatic hydroxyl groups excluding tert-OH is 1. The molecule has 2 fully saturated rings. The second-order valence-electron chi connectivity index (χ2n) is 7.42. The van der Waals surface area contributed by atoms with E-state index in [0.29, 0.717) is 12.2 Å². The maximum Gasteiger partial charge on any atom is 0.252 e. The molecule has 0 saturated carbocycles. The Hall–Kier alpha value is -1.76. The predicted octanol–water partition coefficient (Wildman–Crippen LogP) is 1.46. The number of Topliss-reactive ketones (excluding diaryl/α,β-unsaturated/α-hetero) is 1. The molecule has 1 aromatic carbocycles. The predicted molar refractivity (Wildman–Crippen MR) is 97.9 cm³/mol. The van der Waals surface area contributed by atoms with Crippen LogP contribution in [-0.4, -0.2) is 71.1 Å². The Kier molecular flexibility index (Phi) is 6.06. The molecule has 6 heteroatoms. The van der Waals surface area contributed by atoms with Crippen molar-refractivity contribution in [3.63, 3.8) is 0 Å².